The second-order valence-electron chi connectivity index (χ2n) is 7.09. The maximum Gasteiger partial charge on any atom is 0.233 e. The third-order valence-electron chi connectivity index (χ3n) is 4.31. The number of aromatic nitrogens is 3. The molecule has 7 heteroatoms. The lowest BCUT2D eigenvalue weighted by Gasteiger charge is -2.14. The van der Waals surface area contributed by atoms with E-state index in [0.29, 0.717) is 35.7 Å². The summed E-state index contributed by atoms with van der Waals surface area (Å²) in [5.74, 6) is 1.89. The molecule has 28 heavy (non-hydrogen) atoms. The van der Waals surface area contributed by atoms with Gasteiger partial charge in [-0.1, -0.05) is 55.9 Å². The Balaban J connectivity index is 1.77. The summed E-state index contributed by atoms with van der Waals surface area (Å²) in [7, 11) is 0. The number of nitrogens with one attached hydrogen (secondary N) is 1. The average molecular weight is 399 g/mol. The van der Waals surface area contributed by atoms with E-state index in [4.69, 9.17) is 4.42 Å². The number of nitrogens with zero attached hydrogens (tertiary/aromatic N) is 3. The lowest BCUT2D eigenvalue weighted by molar-refractivity contribution is -0.120. The maximum absolute atomic E-state index is 12.4. The molecule has 6 nitrogen and oxygen atoms in total. The van der Waals surface area contributed by atoms with Crippen molar-refractivity contribution >= 4 is 17.7 Å². The van der Waals surface area contributed by atoms with Crippen molar-refractivity contribution in [2.24, 2.45) is 5.92 Å². The van der Waals surface area contributed by atoms with Crippen LogP contribution in [0.25, 0.3) is 11.6 Å². The van der Waals surface area contributed by atoms with Crippen molar-refractivity contribution in [2.45, 2.75) is 44.1 Å². The van der Waals surface area contributed by atoms with Crippen LogP contribution in [-0.2, 0) is 11.3 Å². The summed E-state index contributed by atoms with van der Waals surface area (Å²) in [6.45, 7) is 7.48. The van der Waals surface area contributed by atoms with Crippen molar-refractivity contribution in [3.63, 3.8) is 0 Å². The zero-order valence-electron chi connectivity index (χ0n) is 16.5. The third-order valence-corrected chi connectivity index (χ3v) is 5.39. The van der Waals surface area contributed by atoms with Gasteiger partial charge in [-0.2, -0.15) is 0 Å². The Morgan fingerprint density at radius 2 is 1.93 bits per heavy atom. The fraction of sp³-hybridized carbons (Fsp3) is 0.381. The highest BCUT2D eigenvalue weighted by molar-refractivity contribution is 8.00. The molecule has 0 saturated carbocycles. The van der Waals surface area contributed by atoms with Crippen LogP contribution in [0.15, 0.2) is 58.3 Å². The molecule has 1 aromatic carbocycles. The Morgan fingerprint density at radius 3 is 2.61 bits per heavy atom. The molecule has 2 heterocycles. The molecule has 1 atom stereocenters. The monoisotopic (exact) mass is 398 g/mol. The van der Waals surface area contributed by atoms with E-state index in [2.05, 4.69) is 41.5 Å². The maximum atomic E-state index is 12.4. The average Bonchev–Trinajstić information content (AvgIpc) is 3.33. The minimum atomic E-state index is -0.268. The first-order chi connectivity index (χ1) is 13.5. The van der Waals surface area contributed by atoms with Crippen LogP contribution < -0.4 is 5.32 Å². The van der Waals surface area contributed by atoms with Crippen molar-refractivity contribution in [3.05, 3.63) is 54.3 Å². The predicted octanol–water partition coefficient (Wildman–Crippen LogP) is 4.23. The third kappa shape index (κ3) is 5.25. The first kappa shape index (κ1) is 20.2. The number of hydrogen-bond donors (Lipinski definition) is 1. The Bertz CT molecular complexity index is 875. The molecule has 148 valence electrons. The fourth-order valence-corrected chi connectivity index (χ4v) is 3.58. The summed E-state index contributed by atoms with van der Waals surface area (Å²) in [5, 5.41) is 12.1. The summed E-state index contributed by atoms with van der Waals surface area (Å²) in [5.41, 5.74) is 1.13. The summed E-state index contributed by atoms with van der Waals surface area (Å²) in [4.78, 5) is 12.4. The Kier molecular flexibility index (Phi) is 6.92. The van der Waals surface area contributed by atoms with Gasteiger partial charge in [0.25, 0.3) is 0 Å². The molecule has 0 spiro atoms. The van der Waals surface area contributed by atoms with Crippen LogP contribution in [0.5, 0.6) is 0 Å². The second kappa shape index (κ2) is 9.59. The van der Waals surface area contributed by atoms with E-state index < -0.39 is 0 Å². The zero-order valence-corrected chi connectivity index (χ0v) is 17.3. The van der Waals surface area contributed by atoms with Gasteiger partial charge in [0.1, 0.15) is 0 Å². The molecule has 1 unspecified atom stereocenters. The number of carbonyl (C=O) groups is 1. The van der Waals surface area contributed by atoms with Crippen molar-refractivity contribution < 1.29 is 9.21 Å². The van der Waals surface area contributed by atoms with Crippen molar-refractivity contribution in [3.8, 4) is 11.6 Å². The normalized spacial score (nSPS) is 12.3. The highest BCUT2D eigenvalue weighted by Crippen LogP contribution is 2.28. The molecule has 3 rings (SSSR count). The fourth-order valence-electron chi connectivity index (χ4n) is 2.71. The minimum absolute atomic E-state index is 0.0134. The predicted molar refractivity (Wildman–Crippen MR) is 111 cm³/mol. The topological polar surface area (TPSA) is 73.0 Å². The number of furan rings is 1. The summed E-state index contributed by atoms with van der Waals surface area (Å²) < 4.78 is 7.52. The second-order valence-corrected chi connectivity index (χ2v) is 8.40. The van der Waals surface area contributed by atoms with E-state index in [1.165, 1.54) is 11.8 Å². The molecular formula is C21H26N4O2S. The van der Waals surface area contributed by atoms with Crippen molar-refractivity contribution in [2.75, 3.05) is 6.54 Å². The van der Waals surface area contributed by atoms with Gasteiger partial charge in [-0.3, -0.25) is 9.36 Å². The van der Waals surface area contributed by atoms with E-state index in [-0.39, 0.29) is 11.2 Å². The lowest BCUT2D eigenvalue weighted by atomic mass is 10.1. The zero-order chi connectivity index (χ0) is 19.9. The van der Waals surface area contributed by atoms with Gasteiger partial charge in [0, 0.05) is 6.54 Å². The quantitative estimate of drug-likeness (QED) is 0.546. The molecule has 0 saturated heterocycles. The van der Waals surface area contributed by atoms with Gasteiger partial charge in [0.2, 0.25) is 11.7 Å². The molecule has 3 aromatic rings. The standard InChI is InChI=1S/C21H26N4O2S/c1-15(2)11-12-22-20(26)16(3)28-21-24-23-19(18-10-7-13-27-18)25(21)14-17-8-5-4-6-9-17/h4-10,13,15-16H,11-12,14H2,1-3H3,(H,22,26). The van der Waals surface area contributed by atoms with E-state index in [1.54, 1.807) is 6.26 Å². The largest absolute Gasteiger partial charge is 0.461 e. The van der Waals surface area contributed by atoms with Crippen molar-refractivity contribution in [1.29, 1.82) is 0 Å². The van der Waals surface area contributed by atoms with Crippen LogP contribution in [0.3, 0.4) is 0 Å². The van der Waals surface area contributed by atoms with E-state index in [9.17, 15) is 4.79 Å². The SMILES string of the molecule is CC(C)CCNC(=O)C(C)Sc1nnc(-c2ccco2)n1Cc1ccccc1. The molecule has 1 amide bonds. The summed E-state index contributed by atoms with van der Waals surface area (Å²) in [6.07, 6.45) is 2.59. The van der Waals surface area contributed by atoms with Crippen molar-refractivity contribution in [1.82, 2.24) is 20.1 Å². The lowest BCUT2D eigenvalue weighted by Crippen LogP contribution is -2.32. The first-order valence-corrected chi connectivity index (χ1v) is 10.4. The Morgan fingerprint density at radius 1 is 1.14 bits per heavy atom. The van der Waals surface area contributed by atoms with Crippen LogP contribution in [0, 0.1) is 5.92 Å². The molecule has 0 aliphatic heterocycles. The number of thioether (sulfide) groups is 1. The summed E-state index contributed by atoms with van der Waals surface area (Å²) in [6, 6.07) is 13.8. The Hall–Kier alpha value is -2.54. The van der Waals surface area contributed by atoms with E-state index in [1.807, 2.05) is 41.8 Å². The van der Waals surface area contributed by atoms with Gasteiger partial charge in [0.15, 0.2) is 10.9 Å². The first-order valence-electron chi connectivity index (χ1n) is 9.50. The van der Waals surface area contributed by atoms with Gasteiger partial charge in [0.05, 0.1) is 18.1 Å². The highest BCUT2D eigenvalue weighted by Gasteiger charge is 2.22. The van der Waals surface area contributed by atoms with Crippen LogP contribution in [0.2, 0.25) is 0 Å². The molecule has 0 fully saturated rings. The van der Waals surface area contributed by atoms with Gasteiger partial charge in [-0.15, -0.1) is 10.2 Å². The number of amides is 1. The van der Waals surface area contributed by atoms with Crippen LogP contribution >= 0.6 is 11.8 Å². The number of rotatable bonds is 9. The van der Waals surface area contributed by atoms with E-state index >= 15 is 0 Å². The van der Waals surface area contributed by atoms with E-state index in [0.717, 1.165) is 12.0 Å². The number of benzene rings is 1. The smallest absolute Gasteiger partial charge is 0.233 e. The minimum Gasteiger partial charge on any atom is -0.461 e. The molecule has 2 aromatic heterocycles. The van der Waals surface area contributed by atoms with Crippen LogP contribution in [0.1, 0.15) is 32.8 Å². The van der Waals surface area contributed by atoms with Crippen LogP contribution in [0.4, 0.5) is 0 Å². The summed E-state index contributed by atoms with van der Waals surface area (Å²) >= 11 is 1.41. The highest BCUT2D eigenvalue weighted by atomic mass is 32.2. The van der Waals surface area contributed by atoms with Gasteiger partial charge < -0.3 is 9.73 Å². The van der Waals surface area contributed by atoms with Gasteiger partial charge in [-0.05, 0) is 37.0 Å². The molecule has 0 radical (unpaired) electrons. The molecule has 0 bridgehead atoms. The Labute approximate surface area is 169 Å². The molecule has 0 aliphatic carbocycles. The van der Waals surface area contributed by atoms with Gasteiger partial charge >= 0.3 is 0 Å². The number of carbonyl (C=O) groups excluding carboxylic acids is 1. The number of hydrogen-bond acceptors (Lipinski definition) is 5. The van der Waals surface area contributed by atoms with Gasteiger partial charge in [-0.25, -0.2) is 0 Å². The van der Waals surface area contributed by atoms with Crippen LogP contribution in [-0.4, -0.2) is 32.5 Å². The molecular weight excluding hydrogens is 372 g/mol. The molecule has 0 aliphatic rings. The molecule has 1 N–H and O–H groups in total.